The van der Waals surface area contributed by atoms with Gasteiger partial charge in [0.25, 0.3) is 0 Å². The molecule has 2 saturated heterocycles. The second kappa shape index (κ2) is 7.49. The fourth-order valence-electron chi connectivity index (χ4n) is 3.66. The second-order valence-electron chi connectivity index (χ2n) is 6.44. The van der Waals surface area contributed by atoms with Gasteiger partial charge in [0.15, 0.2) is 0 Å². The van der Waals surface area contributed by atoms with Gasteiger partial charge in [-0.15, -0.1) is 11.3 Å². The van der Waals surface area contributed by atoms with Crippen molar-refractivity contribution in [1.29, 1.82) is 0 Å². The van der Waals surface area contributed by atoms with E-state index in [2.05, 4.69) is 17.5 Å². The molecule has 3 heterocycles. The lowest BCUT2D eigenvalue weighted by atomic mass is 9.78. The van der Waals surface area contributed by atoms with E-state index in [4.69, 9.17) is 4.74 Å². The Balaban J connectivity index is 1.46. The molecule has 0 amide bonds. The van der Waals surface area contributed by atoms with E-state index >= 15 is 0 Å². The van der Waals surface area contributed by atoms with E-state index in [-0.39, 0.29) is 11.7 Å². The molecule has 3 rings (SSSR count). The maximum atomic E-state index is 10.6. The highest BCUT2D eigenvalue weighted by Crippen LogP contribution is 2.41. The number of hydrogen-bond acceptors (Lipinski definition) is 4. The largest absolute Gasteiger partial charge is 0.393 e. The summed E-state index contributed by atoms with van der Waals surface area (Å²) in [4.78, 5) is 1.44. The van der Waals surface area contributed by atoms with Gasteiger partial charge in [-0.3, -0.25) is 0 Å². The molecule has 2 fully saturated rings. The normalized spacial score (nSPS) is 26.8. The Labute approximate surface area is 136 Å². The summed E-state index contributed by atoms with van der Waals surface area (Å²) in [5.74, 6) is 2.90. The minimum Gasteiger partial charge on any atom is -0.393 e. The number of aliphatic hydroxyl groups excluding tert-OH is 1. The van der Waals surface area contributed by atoms with Gasteiger partial charge in [0.2, 0.25) is 0 Å². The van der Waals surface area contributed by atoms with E-state index in [0.717, 1.165) is 38.7 Å². The van der Waals surface area contributed by atoms with Crippen LogP contribution in [0.2, 0.25) is 0 Å². The summed E-state index contributed by atoms with van der Waals surface area (Å²) in [6.07, 6.45) is 7.48. The number of aryl methyl sites for hydroxylation is 1. The fraction of sp³-hybridized carbons (Fsp3) is 0.765. The maximum Gasteiger partial charge on any atom is 0.0701 e. The highest BCUT2D eigenvalue weighted by atomic mass is 32.2. The van der Waals surface area contributed by atoms with Crippen LogP contribution in [0.15, 0.2) is 17.5 Å². The van der Waals surface area contributed by atoms with E-state index in [9.17, 15) is 5.11 Å². The third-order valence-electron chi connectivity index (χ3n) is 4.98. The smallest absolute Gasteiger partial charge is 0.0701 e. The summed E-state index contributed by atoms with van der Waals surface area (Å²) >= 11 is 3.87. The van der Waals surface area contributed by atoms with Gasteiger partial charge in [0.05, 0.1) is 11.7 Å². The van der Waals surface area contributed by atoms with Crippen LogP contribution in [0.3, 0.4) is 0 Å². The highest BCUT2D eigenvalue weighted by molar-refractivity contribution is 7.99. The molecule has 0 aromatic carbocycles. The van der Waals surface area contributed by atoms with Crippen LogP contribution in [0.1, 0.15) is 43.4 Å². The first-order valence-corrected chi connectivity index (χ1v) is 10.2. The van der Waals surface area contributed by atoms with Gasteiger partial charge in [-0.05, 0) is 73.8 Å². The van der Waals surface area contributed by atoms with Crippen LogP contribution in [0.25, 0.3) is 0 Å². The van der Waals surface area contributed by atoms with Crippen molar-refractivity contribution in [2.75, 3.05) is 18.1 Å². The Morgan fingerprint density at radius 3 is 3.00 bits per heavy atom. The van der Waals surface area contributed by atoms with Crippen molar-refractivity contribution < 1.29 is 9.84 Å². The van der Waals surface area contributed by atoms with E-state index in [0.29, 0.717) is 5.92 Å². The number of rotatable bonds is 5. The van der Waals surface area contributed by atoms with Gasteiger partial charge in [-0.2, -0.15) is 11.8 Å². The van der Waals surface area contributed by atoms with Crippen molar-refractivity contribution in [2.45, 2.75) is 56.7 Å². The van der Waals surface area contributed by atoms with Gasteiger partial charge in [-0.25, -0.2) is 0 Å². The van der Waals surface area contributed by atoms with Crippen LogP contribution in [0.5, 0.6) is 0 Å². The zero-order chi connectivity index (χ0) is 14.5. The molecule has 2 unspecified atom stereocenters. The molecule has 1 aromatic heterocycles. The van der Waals surface area contributed by atoms with Crippen molar-refractivity contribution in [3.8, 4) is 0 Å². The Morgan fingerprint density at radius 2 is 2.24 bits per heavy atom. The monoisotopic (exact) mass is 326 g/mol. The summed E-state index contributed by atoms with van der Waals surface area (Å²) < 4.78 is 6.13. The first-order chi connectivity index (χ1) is 10.3. The van der Waals surface area contributed by atoms with Crippen molar-refractivity contribution in [1.82, 2.24) is 0 Å². The Morgan fingerprint density at radius 1 is 1.38 bits per heavy atom. The molecule has 1 N–H and O–H groups in total. The summed E-state index contributed by atoms with van der Waals surface area (Å²) in [5.41, 5.74) is 0.100. The average molecular weight is 327 g/mol. The molecule has 1 spiro atoms. The Hall–Kier alpha value is -0.0300. The van der Waals surface area contributed by atoms with E-state index < -0.39 is 0 Å². The van der Waals surface area contributed by atoms with Gasteiger partial charge in [0, 0.05) is 11.5 Å². The molecule has 21 heavy (non-hydrogen) atoms. The van der Waals surface area contributed by atoms with Gasteiger partial charge < -0.3 is 9.84 Å². The topological polar surface area (TPSA) is 29.5 Å². The molecule has 1 aromatic rings. The number of hydrogen-bond donors (Lipinski definition) is 1. The molecular weight excluding hydrogens is 300 g/mol. The number of ether oxygens (including phenoxy) is 1. The summed E-state index contributed by atoms with van der Waals surface area (Å²) in [5, 5.41) is 12.7. The van der Waals surface area contributed by atoms with Crippen LogP contribution in [0, 0.1) is 5.92 Å². The van der Waals surface area contributed by atoms with Crippen LogP contribution in [-0.4, -0.2) is 34.9 Å². The number of aliphatic hydroxyl groups is 1. The minimum atomic E-state index is -0.139. The maximum absolute atomic E-state index is 10.6. The summed E-state index contributed by atoms with van der Waals surface area (Å²) in [7, 11) is 0. The quantitative estimate of drug-likeness (QED) is 0.882. The first-order valence-electron chi connectivity index (χ1n) is 8.20. The van der Waals surface area contributed by atoms with E-state index in [1.54, 1.807) is 0 Å². The molecule has 0 aliphatic carbocycles. The SMILES string of the molecule is OC(CCCc1cccs1)C1CCOC2(CCSCC2)C1. The Kier molecular flexibility index (Phi) is 5.66. The molecule has 2 aliphatic rings. The fourth-order valence-corrected chi connectivity index (χ4v) is 5.65. The zero-order valence-corrected chi connectivity index (χ0v) is 14.3. The van der Waals surface area contributed by atoms with Gasteiger partial charge >= 0.3 is 0 Å². The molecule has 118 valence electrons. The van der Waals surface area contributed by atoms with E-state index in [1.807, 2.05) is 23.1 Å². The molecule has 0 radical (unpaired) electrons. The van der Waals surface area contributed by atoms with E-state index in [1.165, 1.54) is 29.2 Å². The summed E-state index contributed by atoms with van der Waals surface area (Å²) in [6.45, 7) is 0.845. The highest BCUT2D eigenvalue weighted by Gasteiger charge is 2.40. The van der Waals surface area contributed by atoms with Crippen LogP contribution < -0.4 is 0 Å². The number of thioether (sulfide) groups is 1. The third-order valence-corrected chi connectivity index (χ3v) is 6.90. The molecular formula is C17H26O2S2. The minimum absolute atomic E-state index is 0.100. The second-order valence-corrected chi connectivity index (χ2v) is 8.69. The standard InChI is InChI=1S/C17H26O2S2/c18-16(5-1-3-15-4-2-10-21-15)14-6-9-19-17(13-14)7-11-20-12-8-17/h2,4,10,14,16,18H,1,3,5-9,11-13H2. The Bertz CT molecular complexity index is 407. The molecule has 4 heteroatoms. The molecule has 0 saturated carbocycles. The lowest BCUT2D eigenvalue weighted by molar-refractivity contribution is -0.121. The zero-order valence-electron chi connectivity index (χ0n) is 12.6. The lowest BCUT2D eigenvalue weighted by Crippen LogP contribution is -2.45. The van der Waals surface area contributed by atoms with Crippen molar-refractivity contribution in [3.05, 3.63) is 22.4 Å². The van der Waals surface area contributed by atoms with Crippen LogP contribution in [-0.2, 0) is 11.2 Å². The number of thiophene rings is 1. The summed E-state index contributed by atoms with van der Waals surface area (Å²) in [6, 6.07) is 4.31. The predicted octanol–water partition coefficient (Wildman–Crippen LogP) is 4.12. The molecule has 2 nitrogen and oxygen atoms in total. The van der Waals surface area contributed by atoms with Crippen molar-refractivity contribution in [3.63, 3.8) is 0 Å². The first kappa shape index (κ1) is 15.9. The van der Waals surface area contributed by atoms with Gasteiger partial charge in [-0.1, -0.05) is 6.07 Å². The van der Waals surface area contributed by atoms with Crippen LogP contribution >= 0.6 is 23.1 Å². The molecule has 2 aliphatic heterocycles. The van der Waals surface area contributed by atoms with Crippen LogP contribution in [0.4, 0.5) is 0 Å². The molecule has 2 atom stereocenters. The van der Waals surface area contributed by atoms with Crippen molar-refractivity contribution in [2.24, 2.45) is 5.92 Å². The van der Waals surface area contributed by atoms with Gasteiger partial charge in [0.1, 0.15) is 0 Å². The molecule has 0 bridgehead atoms. The predicted molar refractivity (Wildman–Crippen MR) is 91.2 cm³/mol. The lowest BCUT2D eigenvalue weighted by Gasteiger charge is -2.44. The van der Waals surface area contributed by atoms with Crippen molar-refractivity contribution >= 4 is 23.1 Å². The third kappa shape index (κ3) is 4.25. The average Bonchev–Trinajstić information content (AvgIpc) is 3.01.